The molecule has 10 heterocycles. The van der Waals surface area contributed by atoms with Gasteiger partial charge >= 0.3 is 50.9 Å². The van der Waals surface area contributed by atoms with Crippen LogP contribution in [0.3, 0.4) is 0 Å². The van der Waals surface area contributed by atoms with Crippen LogP contribution in [-0.2, 0) is 143 Å². The summed E-state index contributed by atoms with van der Waals surface area (Å²) in [6.45, 7) is 1.18. The summed E-state index contributed by atoms with van der Waals surface area (Å²) in [7, 11) is 0. The Morgan fingerprint density at radius 2 is 0.496 bits per heavy atom. The SMILES string of the molecule is Cc1cccc(-c2[c-]c(-c3cccc(C(=O)O)n3)c(F)cc2F)n1.Fc1cc(F)c(-c2cccc(CS)n2)[c-]c1-c1cccc(C[S-])n1.O=C(O)c1cccc(-c2[c-]c(-c3cccc(C(=O)O)n3)c(F)cc2F)n1.O=C(O)c1cccc(-c2[c-]c(-c3cccc(C(=O)O)n3)ccc2)n1.OCc1cccc(-c2[c-]c(-c3cccc(CO)n3)c(F)cc2F)n1.[Pt+2].[Pt].[Pt].[Pt].[Pt]. The third-order valence-corrected chi connectivity index (χ3v) is 17.5. The topological polar surface area (TPSA) is 356 Å². The van der Waals surface area contributed by atoms with Gasteiger partial charge in [-0.1, -0.05) is 201 Å². The van der Waals surface area contributed by atoms with Gasteiger partial charge in [-0.15, -0.1) is 54.3 Å². The maximum Gasteiger partial charge on any atom is 2.00 e. The molecular weight excluding hydrogens is 2600 g/mol. The minimum absolute atomic E-state index is 0. The second-order valence-electron chi connectivity index (χ2n) is 25.2. The smallest absolute Gasteiger partial charge is 0.787 e. The molecule has 127 heavy (non-hydrogen) atoms. The van der Waals surface area contributed by atoms with E-state index in [1.807, 2.05) is 0 Å². The van der Waals surface area contributed by atoms with Gasteiger partial charge in [-0.3, -0.25) is 85.0 Å². The molecule has 10 aromatic heterocycles. The van der Waals surface area contributed by atoms with Gasteiger partial charge in [0.15, 0.2) is 0 Å². The van der Waals surface area contributed by atoms with Crippen molar-refractivity contribution < 1.29 is 200 Å². The number of pyridine rings is 10. The number of carbonyl (C=O) groups is 5. The number of aliphatic hydroxyl groups is 2. The van der Waals surface area contributed by atoms with Crippen molar-refractivity contribution in [3.8, 4) is 113 Å². The number of halogens is 8. The Morgan fingerprint density at radius 1 is 0.291 bits per heavy atom. The molecule has 0 aliphatic heterocycles. The van der Waals surface area contributed by atoms with Crippen LogP contribution in [0.1, 0.15) is 80.9 Å². The average molecular weight is 2660 g/mol. The van der Waals surface area contributed by atoms with Gasteiger partial charge in [0.1, 0.15) is 28.5 Å². The number of hydrogen-bond acceptors (Lipinski definition) is 19. The zero-order valence-electron chi connectivity index (χ0n) is 64.3. The normalized spacial score (nSPS) is 10.2. The first-order chi connectivity index (χ1) is 58.6. The summed E-state index contributed by atoms with van der Waals surface area (Å²) in [5.41, 5.74) is 4.88. The number of benzene rings is 5. The maximum absolute atomic E-state index is 14.2. The molecule has 0 amide bonds. The summed E-state index contributed by atoms with van der Waals surface area (Å²) in [4.78, 5) is 95.8. The summed E-state index contributed by atoms with van der Waals surface area (Å²) in [6, 6.07) is 68.2. The molecule has 0 spiro atoms. The predicted molar refractivity (Wildman–Crippen MR) is 434 cm³/mol. The van der Waals surface area contributed by atoms with Crippen LogP contribution in [0.5, 0.6) is 0 Å². The Morgan fingerprint density at radius 3 is 0.748 bits per heavy atom. The summed E-state index contributed by atoms with van der Waals surface area (Å²) >= 11 is 9.13. The minimum atomic E-state index is -1.30. The third kappa shape index (κ3) is 27.3. The van der Waals surface area contributed by atoms with Crippen molar-refractivity contribution in [3.63, 3.8) is 0 Å². The van der Waals surface area contributed by atoms with Gasteiger partial charge in [-0.2, -0.15) is 12.6 Å². The Labute approximate surface area is 800 Å². The first kappa shape index (κ1) is 104. The summed E-state index contributed by atoms with van der Waals surface area (Å²) < 4.78 is 114. The van der Waals surface area contributed by atoms with Gasteiger partial charge in [0.05, 0.1) is 71.1 Å². The van der Waals surface area contributed by atoms with Crippen molar-refractivity contribution in [2.24, 2.45) is 0 Å². The molecule has 0 radical (unpaired) electrons. The Kier molecular flexibility index (Phi) is 40.2. The number of aromatic nitrogens is 10. The molecule has 0 atom stereocenters. The number of aliphatic hydroxyl groups excluding tert-OH is 2. The molecule has 0 fully saturated rings. The Balaban J connectivity index is 0.000000243. The van der Waals surface area contributed by atoms with Crippen LogP contribution >= 0.6 is 12.6 Å². The number of carboxylic acid groups (broad SMARTS) is 5. The van der Waals surface area contributed by atoms with E-state index in [-0.39, 0.29) is 220 Å². The minimum Gasteiger partial charge on any atom is -0.787 e. The molecule has 0 unspecified atom stereocenters. The van der Waals surface area contributed by atoms with Gasteiger partial charge in [0.2, 0.25) is 0 Å². The standard InChI is InChI=1S/C18H9F2N2O4.C18H11F2N2O2.C18H13F2N2O2.C18H13F2N2S2.C18H11N2O4.5Pt/c19-11-8-12(20)10(14-4-2-6-16(22-14)18(25)26)7-9(11)13-3-1-5-15(21-13)17(23)24;1-10-4-2-5-15(21-10)11-8-12(14(20)9-13(11)19)16-6-3-7-17(22-16)18(23)24;2*19-15-8-16(20)14(18-6-2-4-12(10-24)22-18)7-13(15)17-5-1-3-11(9-23)21-17;21-17(22)15-8-2-6-13(19-15)11-4-1-5-12(10-11)14-7-3-9-16(20-14)18(23)24;;;;;/h1-6,8H,(H,23,24)(H,25,26);2-7,9H,1H3,(H,23,24);2*1-6,8,23-24H,9-10H2;1-9H,(H,21,22)(H,23,24);;;;;/q5*-1;;;;;+2/p-1. The van der Waals surface area contributed by atoms with Crippen LogP contribution in [0.25, 0.3) is 113 Å². The van der Waals surface area contributed by atoms with Crippen LogP contribution in [0.4, 0.5) is 35.1 Å². The van der Waals surface area contributed by atoms with E-state index in [2.05, 4.69) is 92.8 Å². The van der Waals surface area contributed by atoms with Crippen LogP contribution in [0.2, 0.25) is 0 Å². The zero-order chi connectivity index (χ0) is 87.4. The largest absolute Gasteiger partial charge is 2.00 e. The summed E-state index contributed by atoms with van der Waals surface area (Å²) in [5.74, 6) is -12.0. The van der Waals surface area contributed by atoms with Crippen molar-refractivity contribution in [1.82, 2.24) is 49.8 Å². The van der Waals surface area contributed by atoms with Crippen molar-refractivity contribution in [3.05, 3.63) is 358 Å². The number of nitrogens with zero attached hydrogens (tertiary/aromatic N) is 10. The number of rotatable bonds is 19. The molecule has 0 saturated heterocycles. The molecule has 5 aromatic carbocycles. The number of hydrogen-bond donors (Lipinski definition) is 8. The van der Waals surface area contributed by atoms with E-state index in [4.69, 9.17) is 48.4 Å². The second-order valence-corrected chi connectivity index (χ2v) is 25.8. The number of aryl methyl sites for hydroxylation is 1. The quantitative estimate of drug-likeness (QED) is 0.0161. The summed E-state index contributed by atoms with van der Waals surface area (Å²) in [5, 5.41) is 63.4. The van der Waals surface area contributed by atoms with Crippen molar-refractivity contribution in [1.29, 1.82) is 0 Å². The molecule has 15 rings (SSSR count). The number of thiol groups is 1. The second kappa shape index (κ2) is 49.0. The Bertz CT molecular complexity index is 6080. The van der Waals surface area contributed by atoms with Gasteiger partial charge < -0.3 is 48.4 Å². The van der Waals surface area contributed by atoms with E-state index in [1.54, 1.807) is 140 Å². The fourth-order valence-corrected chi connectivity index (χ4v) is 11.6. The molecular formula is C90H56F8N10O12Pt5S2-4. The van der Waals surface area contributed by atoms with E-state index in [9.17, 15) is 59.1 Å². The molecule has 37 heteroatoms. The molecule has 0 saturated carbocycles. The van der Waals surface area contributed by atoms with Gasteiger partial charge in [-0.05, 0) is 67.6 Å². The third-order valence-electron chi connectivity index (χ3n) is 16.9. The molecule has 0 bridgehead atoms. The Hall–Kier alpha value is -11.5. The van der Waals surface area contributed by atoms with Crippen LogP contribution in [0, 0.1) is 83.8 Å². The van der Waals surface area contributed by atoms with Gasteiger partial charge in [0, 0.05) is 164 Å². The van der Waals surface area contributed by atoms with E-state index in [0.29, 0.717) is 85.6 Å². The molecule has 7 N–H and O–H groups in total. The monoisotopic (exact) mass is 2660 g/mol. The maximum atomic E-state index is 14.2. The molecule has 0 aliphatic rings. The van der Waals surface area contributed by atoms with Gasteiger partial charge in [0.25, 0.3) is 0 Å². The van der Waals surface area contributed by atoms with E-state index >= 15 is 0 Å². The molecule has 660 valence electrons. The van der Waals surface area contributed by atoms with Crippen molar-refractivity contribution in [2.75, 3.05) is 0 Å². The van der Waals surface area contributed by atoms with Crippen LogP contribution in [-0.4, -0.2) is 115 Å². The first-order valence-electron chi connectivity index (χ1n) is 35.5. The zero-order valence-corrected chi connectivity index (χ0v) is 77.4. The van der Waals surface area contributed by atoms with Crippen LogP contribution < -0.4 is 0 Å². The van der Waals surface area contributed by atoms with E-state index < -0.39 is 76.4 Å². The number of carboxylic acids is 5. The fourth-order valence-electron chi connectivity index (χ4n) is 11.2. The van der Waals surface area contributed by atoms with E-state index in [1.165, 1.54) is 66.7 Å². The molecule has 22 nitrogen and oxygen atoms in total. The van der Waals surface area contributed by atoms with Gasteiger partial charge in [-0.25, -0.2) is 24.0 Å². The summed E-state index contributed by atoms with van der Waals surface area (Å²) in [6.07, 6.45) is 0. The van der Waals surface area contributed by atoms with Crippen molar-refractivity contribution >= 4 is 55.1 Å². The molecule has 15 aromatic rings. The molecule has 0 aliphatic carbocycles. The van der Waals surface area contributed by atoms with E-state index in [0.717, 1.165) is 18.2 Å². The number of aromatic carboxylic acids is 5. The van der Waals surface area contributed by atoms with Crippen LogP contribution in [0.15, 0.2) is 224 Å². The first-order valence-corrected chi connectivity index (χ1v) is 36.7. The predicted octanol–water partition coefficient (Wildman–Crippen LogP) is 17.4. The average Bonchev–Trinajstić information content (AvgIpc) is 0.796. The van der Waals surface area contributed by atoms with Crippen molar-refractivity contribution in [2.45, 2.75) is 31.6 Å². The fraction of sp³-hybridized carbons (Fsp3) is 0.0556.